The van der Waals surface area contributed by atoms with Crippen LogP contribution in [0.15, 0.2) is 235 Å². The number of anilines is 9. The normalized spacial score (nSPS) is 18.0. The van der Waals surface area contributed by atoms with Crippen LogP contribution in [0.4, 0.5) is 52.2 Å². The summed E-state index contributed by atoms with van der Waals surface area (Å²) in [6, 6.07) is 49.1. The minimum atomic E-state index is 0.393. The van der Waals surface area contributed by atoms with E-state index in [2.05, 4.69) is 156 Å². The molecule has 29 nitrogen and oxygen atoms in total. The summed E-state index contributed by atoms with van der Waals surface area (Å²) >= 11 is 1.68. The number of benzene rings is 6. The number of nitrogens with one attached hydrogen (secondary N) is 4. The van der Waals surface area contributed by atoms with Gasteiger partial charge in [0.25, 0.3) is 0 Å². The van der Waals surface area contributed by atoms with Gasteiger partial charge in [0.1, 0.15) is 55.7 Å². The number of ether oxygens (including phenoxy) is 11. The number of aromatic nitrogens is 8. The summed E-state index contributed by atoms with van der Waals surface area (Å²) < 4.78 is 71.0. The fourth-order valence-electron chi connectivity index (χ4n) is 17.2. The summed E-state index contributed by atoms with van der Waals surface area (Å²) in [7, 11) is 2.18. The zero-order valence-electron chi connectivity index (χ0n) is 79.9. The summed E-state index contributed by atoms with van der Waals surface area (Å²) in [6.07, 6.45) is 32.6. The van der Waals surface area contributed by atoms with Gasteiger partial charge in [-0.25, -0.2) is 39.9 Å². The number of aryl methyl sites for hydroxylation is 2. The van der Waals surface area contributed by atoms with Gasteiger partial charge in [-0.3, -0.25) is 14.7 Å². The summed E-state index contributed by atoms with van der Waals surface area (Å²) in [5, 5.41) is 15.5. The van der Waals surface area contributed by atoms with E-state index < -0.39 is 0 Å². The molecule has 12 aromatic rings. The van der Waals surface area contributed by atoms with Crippen LogP contribution < -0.4 is 40.4 Å². The lowest BCUT2D eigenvalue weighted by Gasteiger charge is -2.35. The number of fused-ring (bicyclic) bond motifs is 28. The van der Waals surface area contributed by atoms with E-state index >= 15 is 0 Å². The molecule has 14 heterocycles. The Balaban J connectivity index is 0.000000128. The van der Waals surface area contributed by atoms with Crippen LogP contribution in [0.5, 0.6) is 17.2 Å². The summed E-state index contributed by atoms with van der Waals surface area (Å²) in [5.74, 6) is 5.49. The number of likely N-dealkylation sites (N-methyl/N-ethyl adjacent to an activating group) is 1. The van der Waals surface area contributed by atoms with E-state index in [1.165, 1.54) is 75.3 Å². The maximum atomic E-state index is 6.18. The Morgan fingerprint density at radius 3 is 1.19 bits per heavy atom. The first-order chi connectivity index (χ1) is 68.6. The van der Waals surface area contributed by atoms with Crippen molar-refractivity contribution >= 4 is 63.6 Å². The standard InChI is InChI=1S/C29H34N4O3.C28H33N5O2.C26H30N4O4.C26H30N4O3S/c1-22-19-30-29-31-26-9-10-27(36-16-13-33-11-2-3-12-33)25(18-26)21-35-15-5-4-14-34-20-23-7-6-8-24(17-23)28(22)32-29;1-21-18-29-28-30-25-8-9-26(33-12-10-32(2)11-13-33)24(17-25)20-35-15-4-3-14-34-19-22-6-5-7-23(16-22)27(21)31-28;1-2-10-30(9-1)11-14-33-25-6-5-22-15-21(25)17-31-12-3-4-13-32-19-23-16-20(18-34-23)24-7-8-27-26(28-22)29-24;1-2-10-30(9-1)11-14-33-25-6-5-22-15-20(25)17-31-12-3-4-13-32-18-23-16-21(19-34-23)24-7-8-27-26(28-22)29-24/h4-10,17-19H,2-3,11-16,20-21H2,1H3,(H,30,31,32);3-9,16-18H,10-15,19-20H2,1-2H3,(H,29,30,31);3-8,15-16,18H,1-2,9-14,17,19H2,(H,27,28,29);3-8,15-16,19H,1-2,9-14,17-18H2,(H,27,28,29)/b5-4+;3*4-3+. The maximum absolute atomic E-state index is 6.18. The van der Waals surface area contributed by atoms with Crippen LogP contribution in [0.3, 0.4) is 0 Å². The van der Waals surface area contributed by atoms with Crippen LogP contribution in [-0.4, -0.2) is 224 Å². The fraction of sp³-hybridized carbons (Fsp3) is 0.376. The Labute approximate surface area is 819 Å². The largest absolute Gasteiger partial charge is 0.492 e. The second-order valence-electron chi connectivity index (χ2n) is 35.3. The second-order valence-corrected chi connectivity index (χ2v) is 36.3. The SMILES string of the molecule is C1=C/COCc2cc(ccc2OCCN2CCCC2)Nc2nccc(n2)-c2coc(c2)COC/1.C1=C/COCc2cc(ccc2OCCN2CCCC2)Nc2nccc(n2)-c2csc(c2)COC/1.Cc1cnc2nc1-c1cccc(c1)COC/C=C/COCc1cc(ccc1N1CCN(C)CC1)N2.Cc1cnc2nc1-c1cccc(c1)COC/C=C/COCc1cc(ccc1OCCN1CCCC1)N2. The molecule has 0 unspecified atom stereocenters. The zero-order valence-corrected chi connectivity index (χ0v) is 80.7. The smallest absolute Gasteiger partial charge is 0.227 e. The quantitative estimate of drug-likeness (QED) is 0.0780. The Hall–Kier alpha value is -12.5. The van der Waals surface area contributed by atoms with E-state index in [0.717, 1.165) is 194 Å². The molecule has 4 N–H and O–H groups in total. The van der Waals surface area contributed by atoms with E-state index in [1.807, 2.05) is 148 Å². The van der Waals surface area contributed by atoms with Crippen molar-refractivity contribution in [3.8, 4) is 62.3 Å². The predicted octanol–water partition coefficient (Wildman–Crippen LogP) is 19.4. The van der Waals surface area contributed by atoms with E-state index in [0.29, 0.717) is 149 Å². The third-order valence-electron chi connectivity index (χ3n) is 24.7. The molecule has 726 valence electrons. The van der Waals surface area contributed by atoms with Gasteiger partial charge in [-0.2, -0.15) is 0 Å². The topological polar surface area (TPSA) is 282 Å². The van der Waals surface area contributed by atoms with Crippen molar-refractivity contribution in [3.63, 3.8) is 0 Å². The lowest BCUT2D eigenvalue weighted by molar-refractivity contribution is 0.128. The Kier molecular flexibility index (Phi) is 36.7. The van der Waals surface area contributed by atoms with Crippen LogP contribution in [-0.2, 0) is 90.7 Å². The molecule has 139 heavy (non-hydrogen) atoms. The van der Waals surface area contributed by atoms with Crippen LogP contribution in [0.1, 0.15) is 93.7 Å². The molecular formula is C109H127N17O12S. The molecule has 30 heteroatoms. The van der Waals surface area contributed by atoms with Crippen molar-refractivity contribution < 1.29 is 56.5 Å². The van der Waals surface area contributed by atoms with Gasteiger partial charge in [-0.1, -0.05) is 85.0 Å². The van der Waals surface area contributed by atoms with Gasteiger partial charge in [0.05, 0.1) is 122 Å². The minimum Gasteiger partial charge on any atom is -0.492 e. The van der Waals surface area contributed by atoms with Crippen molar-refractivity contribution in [2.45, 2.75) is 105 Å². The Bertz CT molecular complexity index is 5870. The van der Waals surface area contributed by atoms with Crippen LogP contribution in [0, 0.1) is 13.8 Å². The molecule has 6 aromatic carbocycles. The summed E-state index contributed by atoms with van der Waals surface area (Å²) in [6.45, 7) is 28.2. The monoisotopic (exact) mass is 1900 g/mol. The van der Waals surface area contributed by atoms with Crippen molar-refractivity contribution in [2.75, 3.05) is 191 Å². The van der Waals surface area contributed by atoms with Crippen LogP contribution >= 0.6 is 11.3 Å². The van der Waals surface area contributed by atoms with E-state index in [9.17, 15) is 0 Å². The lowest BCUT2D eigenvalue weighted by Crippen LogP contribution is -2.44. The molecule has 4 fully saturated rings. The molecule has 20 rings (SSSR count). The molecule has 0 aliphatic carbocycles. The van der Waals surface area contributed by atoms with Gasteiger partial charge in [0, 0.05) is 154 Å². The average Bonchev–Trinajstić information content (AvgIpc) is 0.995. The average molecular weight is 1900 g/mol. The first kappa shape index (κ1) is 98.1. The highest BCUT2D eigenvalue weighted by Crippen LogP contribution is 2.36. The van der Waals surface area contributed by atoms with E-state index in [-0.39, 0.29) is 0 Å². The third kappa shape index (κ3) is 30.0. The lowest BCUT2D eigenvalue weighted by atomic mass is 10.1. The van der Waals surface area contributed by atoms with Crippen molar-refractivity contribution in [1.82, 2.24) is 59.5 Å². The molecule has 0 saturated carbocycles. The highest BCUT2D eigenvalue weighted by molar-refractivity contribution is 7.10. The molecule has 0 spiro atoms. The minimum absolute atomic E-state index is 0.393. The highest BCUT2D eigenvalue weighted by atomic mass is 32.1. The Morgan fingerprint density at radius 2 is 0.741 bits per heavy atom. The van der Waals surface area contributed by atoms with Gasteiger partial charge in [-0.05, 0) is 230 Å². The molecule has 0 radical (unpaired) electrons. The summed E-state index contributed by atoms with van der Waals surface area (Å²) in [5.41, 5.74) is 20.8. The number of nitrogens with zero attached hydrogens (tertiary/aromatic N) is 13. The van der Waals surface area contributed by atoms with Gasteiger partial charge in [-0.15, -0.1) is 11.3 Å². The first-order valence-corrected chi connectivity index (χ1v) is 49.4. The van der Waals surface area contributed by atoms with Crippen LogP contribution in [0.25, 0.3) is 45.0 Å². The van der Waals surface area contributed by atoms with Gasteiger partial charge in [0.15, 0.2) is 0 Å². The van der Waals surface area contributed by atoms with Crippen molar-refractivity contribution in [1.29, 1.82) is 0 Å². The maximum Gasteiger partial charge on any atom is 0.227 e. The molecule has 4 saturated heterocycles. The first-order valence-electron chi connectivity index (χ1n) is 48.6. The van der Waals surface area contributed by atoms with Gasteiger partial charge >= 0.3 is 0 Å². The number of hydrogen-bond donors (Lipinski definition) is 4. The molecular weight excluding hydrogens is 1770 g/mol. The van der Waals surface area contributed by atoms with E-state index in [1.54, 1.807) is 30.0 Å². The van der Waals surface area contributed by atoms with Gasteiger partial charge < -0.3 is 87.6 Å². The number of furan rings is 1. The summed E-state index contributed by atoms with van der Waals surface area (Å²) in [4.78, 5) is 50.3. The molecule has 6 aromatic heterocycles. The van der Waals surface area contributed by atoms with Crippen LogP contribution in [0.2, 0.25) is 0 Å². The number of thiophene rings is 1. The van der Waals surface area contributed by atoms with Crippen molar-refractivity contribution in [3.05, 3.63) is 286 Å². The van der Waals surface area contributed by atoms with Gasteiger partial charge in [0.2, 0.25) is 23.8 Å². The molecule has 8 aliphatic heterocycles. The number of rotatable bonds is 13. The fourth-order valence-corrected chi connectivity index (χ4v) is 18.1. The molecule has 0 amide bonds. The molecule has 24 bridgehead atoms. The Morgan fingerprint density at radius 1 is 0.353 bits per heavy atom. The number of likely N-dealkylation sites (tertiary alicyclic amines) is 3. The van der Waals surface area contributed by atoms with Crippen molar-refractivity contribution in [2.24, 2.45) is 0 Å². The number of piperazine rings is 1. The predicted molar refractivity (Wildman–Crippen MR) is 545 cm³/mol. The highest BCUT2D eigenvalue weighted by Gasteiger charge is 2.23. The number of hydrogen-bond acceptors (Lipinski definition) is 30. The van der Waals surface area contributed by atoms with E-state index in [4.69, 9.17) is 71.5 Å². The molecule has 8 aliphatic rings. The second kappa shape index (κ2) is 52.0. The zero-order chi connectivity index (χ0) is 94.6. The molecule has 0 atom stereocenters. The third-order valence-corrected chi connectivity index (χ3v) is 25.6.